The molecule has 8 nitrogen and oxygen atoms in total. The van der Waals surface area contributed by atoms with Crippen molar-refractivity contribution in [1.82, 2.24) is 4.98 Å². The van der Waals surface area contributed by atoms with E-state index in [9.17, 15) is 19.5 Å². The van der Waals surface area contributed by atoms with Crippen molar-refractivity contribution in [3.8, 4) is 5.75 Å². The summed E-state index contributed by atoms with van der Waals surface area (Å²) in [6, 6.07) is 16.4. The van der Waals surface area contributed by atoms with E-state index in [1.807, 2.05) is 39.0 Å². The number of ketones is 1. The molecule has 1 unspecified atom stereocenters. The number of Topliss-reactive ketones (excluding diaryl/α,β-unsaturated/α-hetero) is 1. The van der Waals surface area contributed by atoms with E-state index in [2.05, 4.69) is 4.98 Å². The molecule has 1 aromatic heterocycles. The molecule has 1 atom stereocenters. The Morgan fingerprint density at radius 1 is 1.05 bits per heavy atom. The molecule has 0 aliphatic carbocycles. The molecule has 198 valence electrons. The van der Waals surface area contributed by atoms with E-state index in [1.165, 1.54) is 23.3 Å². The summed E-state index contributed by atoms with van der Waals surface area (Å²) in [4.78, 5) is 45.1. The van der Waals surface area contributed by atoms with Crippen molar-refractivity contribution in [2.24, 2.45) is 0 Å². The molecule has 39 heavy (non-hydrogen) atoms. The zero-order valence-corrected chi connectivity index (χ0v) is 22.7. The van der Waals surface area contributed by atoms with Gasteiger partial charge in [0, 0.05) is 5.56 Å². The highest BCUT2D eigenvalue weighted by Crippen LogP contribution is 2.45. The predicted octanol–water partition coefficient (Wildman–Crippen LogP) is 5.72. The number of anilines is 1. The molecule has 3 aromatic carbocycles. The van der Waals surface area contributed by atoms with Crippen LogP contribution >= 0.6 is 11.3 Å². The van der Waals surface area contributed by atoms with Gasteiger partial charge in [0.25, 0.3) is 5.78 Å². The number of rotatable bonds is 6. The molecule has 4 aromatic rings. The standard InChI is InChI=1S/C30H26N2O6S/c1-5-38-20-12-13-22-23(15-20)39-30(31-22)32-25(18-8-10-19(11-9-18)29(36)37-4)24(27(34)28(32)35)26(33)21-14-16(2)6-7-17(21)3/h6-15,25,33H,5H2,1-4H3/b26-24+. The highest BCUT2D eigenvalue weighted by Gasteiger charge is 2.48. The summed E-state index contributed by atoms with van der Waals surface area (Å²) in [5.41, 5.74) is 3.57. The minimum atomic E-state index is -0.969. The number of carbonyl (C=O) groups excluding carboxylic acids is 3. The van der Waals surface area contributed by atoms with Crippen molar-refractivity contribution >= 4 is 50.1 Å². The molecule has 1 fully saturated rings. The SMILES string of the molecule is CCOc1ccc2nc(N3C(=O)C(=O)/C(=C(/O)c4cc(C)ccc4C)C3c3ccc(C(=O)OC)cc3)sc2c1. The average Bonchev–Trinajstić information content (AvgIpc) is 3.47. The van der Waals surface area contributed by atoms with E-state index < -0.39 is 23.7 Å². The molecular formula is C30H26N2O6S. The lowest BCUT2D eigenvalue weighted by Gasteiger charge is -2.23. The van der Waals surface area contributed by atoms with Gasteiger partial charge in [-0.05, 0) is 68.3 Å². The minimum Gasteiger partial charge on any atom is -0.507 e. The maximum absolute atomic E-state index is 13.6. The van der Waals surface area contributed by atoms with Crippen LogP contribution in [0.1, 0.15) is 45.6 Å². The summed E-state index contributed by atoms with van der Waals surface area (Å²) in [6.07, 6.45) is 0. The second-order valence-electron chi connectivity index (χ2n) is 9.16. The van der Waals surface area contributed by atoms with Crippen molar-refractivity contribution in [2.45, 2.75) is 26.8 Å². The summed E-state index contributed by atoms with van der Waals surface area (Å²) in [5, 5.41) is 11.8. The third-order valence-corrected chi connectivity index (χ3v) is 7.62. The number of thiazole rings is 1. The van der Waals surface area contributed by atoms with Crippen LogP contribution in [0, 0.1) is 13.8 Å². The van der Waals surface area contributed by atoms with Gasteiger partial charge in [0.05, 0.1) is 41.1 Å². The summed E-state index contributed by atoms with van der Waals surface area (Å²) < 4.78 is 11.2. The quantitative estimate of drug-likeness (QED) is 0.144. The van der Waals surface area contributed by atoms with Crippen LogP contribution in [0.4, 0.5) is 5.13 Å². The first-order chi connectivity index (χ1) is 18.7. The monoisotopic (exact) mass is 542 g/mol. The van der Waals surface area contributed by atoms with E-state index in [0.29, 0.717) is 39.7 Å². The van der Waals surface area contributed by atoms with Crippen molar-refractivity contribution in [3.63, 3.8) is 0 Å². The maximum Gasteiger partial charge on any atom is 0.337 e. The van der Waals surface area contributed by atoms with E-state index in [4.69, 9.17) is 9.47 Å². The Balaban J connectivity index is 1.71. The summed E-state index contributed by atoms with van der Waals surface area (Å²) in [6.45, 7) is 6.11. The molecule has 1 saturated heterocycles. The number of aryl methyl sites for hydroxylation is 2. The number of methoxy groups -OCH3 is 1. The number of amides is 1. The molecule has 1 aliphatic rings. The van der Waals surface area contributed by atoms with Gasteiger partial charge in [0.2, 0.25) is 0 Å². The molecule has 0 spiro atoms. The van der Waals surface area contributed by atoms with Gasteiger partial charge in [0.15, 0.2) is 5.13 Å². The van der Waals surface area contributed by atoms with Gasteiger partial charge in [0.1, 0.15) is 11.5 Å². The summed E-state index contributed by atoms with van der Waals surface area (Å²) in [5.74, 6) is -1.72. The van der Waals surface area contributed by atoms with E-state index in [1.54, 1.807) is 42.5 Å². The second-order valence-corrected chi connectivity index (χ2v) is 10.2. The molecule has 2 heterocycles. The molecular weight excluding hydrogens is 516 g/mol. The van der Waals surface area contributed by atoms with Crippen molar-refractivity contribution in [1.29, 1.82) is 0 Å². The van der Waals surface area contributed by atoms with Crippen LogP contribution in [0.25, 0.3) is 16.0 Å². The number of benzene rings is 3. The maximum atomic E-state index is 13.6. The smallest absolute Gasteiger partial charge is 0.337 e. The second kappa shape index (κ2) is 10.3. The van der Waals surface area contributed by atoms with Crippen molar-refractivity contribution in [2.75, 3.05) is 18.6 Å². The van der Waals surface area contributed by atoms with Crippen LogP contribution in [-0.4, -0.2) is 41.5 Å². The molecule has 1 aliphatic heterocycles. The van der Waals surface area contributed by atoms with E-state index >= 15 is 0 Å². The Bertz CT molecular complexity index is 1650. The van der Waals surface area contributed by atoms with Crippen LogP contribution in [0.3, 0.4) is 0 Å². The number of nitrogens with zero attached hydrogens (tertiary/aromatic N) is 2. The zero-order valence-electron chi connectivity index (χ0n) is 21.8. The lowest BCUT2D eigenvalue weighted by Crippen LogP contribution is -2.29. The largest absolute Gasteiger partial charge is 0.507 e. The molecule has 5 rings (SSSR count). The Kier molecular flexibility index (Phi) is 6.93. The van der Waals surface area contributed by atoms with Crippen molar-refractivity contribution < 1.29 is 29.0 Å². The van der Waals surface area contributed by atoms with Gasteiger partial charge in [-0.2, -0.15) is 0 Å². The predicted molar refractivity (Wildman–Crippen MR) is 149 cm³/mol. The fourth-order valence-electron chi connectivity index (χ4n) is 4.65. The Labute approximate surface area is 229 Å². The topological polar surface area (TPSA) is 106 Å². The lowest BCUT2D eigenvalue weighted by molar-refractivity contribution is -0.132. The Hall–Kier alpha value is -4.50. The highest BCUT2D eigenvalue weighted by molar-refractivity contribution is 7.22. The van der Waals surface area contributed by atoms with Gasteiger partial charge in [-0.1, -0.05) is 41.2 Å². The third kappa shape index (κ3) is 4.66. The molecule has 1 N–H and O–H groups in total. The fourth-order valence-corrected chi connectivity index (χ4v) is 5.67. The van der Waals surface area contributed by atoms with Gasteiger partial charge >= 0.3 is 11.9 Å². The molecule has 0 bridgehead atoms. The van der Waals surface area contributed by atoms with Crippen LogP contribution in [0.5, 0.6) is 5.75 Å². The summed E-state index contributed by atoms with van der Waals surface area (Å²) in [7, 11) is 1.29. The first kappa shape index (κ1) is 26.1. The molecule has 0 saturated carbocycles. The zero-order chi connectivity index (χ0) is 27.8. The average molecular weight is 543 g/mol. The van der Waals surface area contributed by atoms with Gasteiger partial charge < -0.3 is 14.6 Å². The number of ether oxygens (including phenoxy) is 2. The molecule has 0 radical (unpaired) electrons. The van der Waals surface area contributed by atoms with Crippen LogP contribution in [0.15, 0.2) is 66.2 Å². The number of carbonyl (C=O) groups is 3. The first-order valence-electron chi connectivity index (χ1n) is 12.3. The van der Waals surface area contributed by atoms with Gasteiger partial charge in [-0.3, -0.25) is 14.5 Å². The number of aromatic nitrogens is 1. The number of fused-ring (bicyclic) bond motifs is 1. The van der Waals surface area contributed by atoms with Gasteiger partial charge in [-0.15, -0.1) is 0 Å². The first-order valence-corrected chi connectivity index (χ1v) is 13.2. The number of aliphatic hydroxyl groups excluding tert-OH is 1. The normalized spacial score (nSPS) is 16.6. The van der Waals surface area contributed by atoms with Crippen LogP contribution in [0.2, 0.25) is 0 Å². The third-order valence-electron chi connectivity index (χ3n) is 6.61. The number of aliphatic hydroxyl groups is 1. The van der Waals surface area contributed by atoms with E-state index in [0.717, 1.165) is 15.8 Å². The lowest BCUT2D eigenvalue weighted by atomic mass is 9.93. The number of hydrogen-bond donors (Lipinski definition) is 1. The van der Waals surface area contributed by atoms with E-state index in [-0.39, 0.29) is 11.3 Å². The molecule has 9 heteroatoms. The molecule has 1 amide bonds. The minimum absolute atomic E-state index is 0.0474. The highest BCUT2D eigenvalue weighted by atomic mass is 32.1. The van der Waals surface area contributed by atoms with Crippen LogP contribution in [-0.2, 0) is 14.3 Å². The van der Waals surface area contributed by atoms with Crippen LogP contribution < -0.4 is 9.64 Å². The Morgan fingerprint density at radius 3 is 2.49 bits per heavy atom. The summed E-state index contributed by atoms with van der Waals surface area (Å²) >= 11 is 1.25. The fraction of sp³-hybridized carbons (Fsp3) is 0.200. The number of esters is 1. The number of hydrogen-bond acceptors (Lipinski definition) is 8. The van der Waals surface area contributed by atoms with Crippen molar-refractivity contribution in [3.05, 3.63) is 94.1 Å². The Morgan fingerprint density at radius 2 is 1.79 bits per heavy atom. The van der Waals surface area contributed by atoms with Gasteiger partial charge in [-0.25, -0.2) is 9.78 Å².